The average molecular weight is 617 g/mol. The second-order valence-corrected chi connectivity index (χ2v) is 12.1. The molecule has 5 nitrogen and oxygen atoms in total. The molecule has 0 amide bonds. The van der Waals surface area contributed by atoms with E-state index in [4.69, 9.17) is 0 Å². The fourth-order valence-electron chi connectivity index (χ4n) is 6.65. The molecule has 45 heavy (non-hydrogen) atoms. The molecule has 3 aromatic heterocycles. The Morgan fingerprint density at radius 1 is 0.844 bits per heavy atom. The molecule has 5 rings (SSSR count). The highest BCUT2D eigenvalue weighted by molar-refractivity contribution is 6.09. The standard InChI is InChI=1S/C37H43F3N4O/c1-4-32-26(2)35-33(17-16-31-36(35)30(37(38,39)40)24-34(45)42-31)44(32)23-11-9-7-5-6-8-10-22-43(3)25-27-12-14-28(15-13-27)29-18-20-41-21-19-29/h12-21,24H,4-11,22-23,25H2,1-3H3,(H,42,45). The second-order valence-electron chi connectivity index (χ2n) is 12.1. The number of pyridine rings is 2. The first-order chi connectivity index (χ1) is 21.7. The van der Waals surface area contributed by atoms with Crippen LogP contribution < -0.4 is 5.56 Å². The Kier molecular flexibility index (Phi) is 10.4. The van der Waals surface area contributed by atoms with E-state index in [2.05, 4.69) is 50.7 Å². The van der Waals surface area contributed by atoms with Gasteiger partial charge in [-0.2, -0.15) is 13.2 Å². The van der Waals surface area contributed by atoms with Crippen molar-refractivity contribution < 1.29 is 13.2 Å². The van der Waals surface area contributed by atoms with Crippen molar-refractivity contribution >= 4 is 21.8 Å². The van der Waals surface area contributed by atoms with Crippen LogP contribution in [-0.4, -0.2) is 33.0 Å². The summed E-state index contributed by atoms with van der Waals surface area (Å²) in [5.41, 5.74) is 5.06. The first kappa shape index (κ1) is 32.5. The molecular weight excluding hydrogens is 573 g/mol. The van der Waals surface area contributed by atoms with Crippen molar-refractivity contribution in [3.05, 3.63) is 99.7 Å². The van der Waals surface area contributed by atoms with Crippen molar-refractivity contribution in [1.29, 1.82) is 0 Å². The number of nitrogens with zero attached hydrogens (tertiary/aromatic N) is 3. The van der Waals surface area contributed by atoms with Gasteiger partial charge in [0.15, 0.2) is 0 Å². The lowest BCUT2D eigenvalue weighted by atomic mass is 10.0. The summed E-state index contributed by atoms with van der Waals surface area (Å²) in [6.07, 6.45) is 7.79. The van der Waals surface area contributed by atoms with Crippen molar-refractivity contribution in [3.8, 4) is 11.1 Å². The van der Waals surface area contributed by atoms with E-state index in [-0.39, 0.29) is 10.9 Å². The average Bonchev–Trinajstić information content (AvgIpc) is 3.30. The third-order valence-corrected chi connectivity index (χ3v) is 8.89. The lowest BCUT2D eigenvalue weighted by molar-refractivity contribution is -0.136. The van der Waals surface area contributed by atoms with E-state index in [0.29, 0.717) is 11.5 Å². The van der Waals surface area contributed by atoms with Gasteiger partial charge in [-0.15, -0.1) is 0 Å². The van der Waals surface area contributed by atoms with Crippen LogP contribution in [0.5, 0.6) is 0 Å². The lowest BCUT2D eigenvalue weighted by Gasteiger charge is -2.17. The Hall–Kier alpha value is -3.91. The Morgan fingerprint density at radius 3 is 2.16 bits per heavy atom. The highest BCUT2D eigenvalue weighted by Crippen LogP contribution is 2.39. The highest BCUT2D eigenvalue weighted by atomic mass is 19.4. The summed E-state index contributed by atoms with van der Waals surface area (Å²) in [4.78, 5) is 21.0. The van der Waals surface area contributed by atoms with Gasteiger partial charge in [0.05, 0.1) is 5.56 Å². The Balaban J connectivity index is 1.07. The molecular formula is C37H43F3N4O. The molecule has 0 saturated carbocycles. The van der Waals surface area contributed by atoms with Gasteiger partial charge in [0.1, 0.15) is 0 Å². The minimum absolute atomic E-state index is 0.0927. The van der Waals surface area contributed by atoms with Gasteiger partial charge in [-0.3, -0.25) is 9.78 Å². The smallest absolute Gasteiger partial charge is 0.344 e. The van der Waals surface area contributed by atoms with E-state index < -0.39 is 17.3 Å². The molecule has 0 spiro atoms. The second kappa shape index (κ2) is 14.5. The molecule has 0 unspecified atom stereocenters. The number of H-pyrrole nitrogens is 1. The number of hydrogen-bond donors (Lipinski definition) is 1. The van der Waals surface area contributed by atoms with E-state index in [1.165, 1.54) is 42.4 Å². The predicted molar refractivity (Wildman–Crippen MR) is 178 cm³/mol. The topological polar surface area (TPSA) is 53.9 Å². The van der Waals surface area contributed by atoms with Crippen LogP contribution in [0.4, 0.5) is 13.2 Å². The van der Waals surface area contributed by atoms with E-state index in [1.54, 1.807) is 6.07 Å². The zero-order chi connectivity index (χ0) is 32.0. The number of aryl methyl sites for hydroxylation is 2. The number of alkyl halides is 3. The maximum atomic E-state index is 14.0. The number of unbranched alkanes of at least 4 members (excludes halogenated alkanes) is 6. The summed E-state index contributed by atoms with van der Waals surface area (Å²) in [5, 5.41) is 0.690. The molecule has 3 heterocycles. The molecule has 0 aliphatic rings. The van der Waals surface area contributed by atoms with Crippen LogP contribution in [0.15, 0.2) is 71.8 Å². The van der Waals surface area contributed by atoms with Crippen molar-refractivity contribution in [2.75, 3.05) is 13.6 Å². The van der Waals surface area contributed by atoms with Crippen LogP contribution in [0.3, 0.4) is 0 Å². The van der Waals surface area contributed by atoms with E-state index >= 15 is 0 Å². The summed E-state index contributed by atoms with van der Waals surface area (Å²) < 4.78 is 44.1. The number of nitrogens with one attached hydrogen (secondary N) is 1. The Bertz CT molecular complexity index is 1770. The number of fused-ring (bicyclic) bond motifs is 3. The van der Waals surface area contributed by atoms with Crippen LogP contribution >= 0.6 is 0 Å². The maximum absolute atomic E-state index is 14.0. The zero-order valence-corrected chi connectivity index (χ0v) is 26.5. The van der Waals surface area contributed by atoms with Gasteiger partial charge in [-0.05, 0) is 86.3 Å². The maximum Gasteiger partial charge on any atom is 0.417 e. The van der Waals surface area contributed by atoms with Crippen LogP contribution in [0.1, 0.15) is 74.3 Å². The van der Waals surface area contributed by atoms with Crippen LogP contribution in [0, 0.1) is 6.92 Å². The van der Waals surface area contributed by atoms with Crippen molar-refractivity contribution in [2.24, 2.45) is 0 Å². The third kappa shape index (κ3) is 7.67. The highest BCUT2D eigenvalue weighted by Gasteiger charge is 2.34. The minimum Gasteiger partial charge on any atom is -0.344 e. The molecule has 8 heteroatoms. The van der Waals surface area contributed by atoms with Gasteiger partial charge >= 0.3 is 6.18 Å². The van der Waals surface area contributed by atoms with Gasteiger partial charge in [0.2, 0.25) is 5.56 Å². The van der Waals surface area contributed by atoms with Crippen LogP contribution in [-0.2, 0) is 25.7 Å². The van der Waals surface area contributed by atoms with Gasteiger partial charge < -0.3 is 14.5 Å². The molecule has 0 radical (unpaired) electrons. The summed E-state index contributed by atoms with van der Waals surface area (Å²) in [6.45, 7) is 6.74. The zero-order valence-electron chi connectivity index (χ0n) is 26.5. The fraction of sp³-hybridized carbons (Fsp3) is 0.405. The largest absolute Gasteiger partial charge is 0.417 e. The van der Waals surface area contributed by atoms with Crippen LogP contribution in [0.2, 0.25) is 0 Å². The summed E-state index contributed by atoms with van der Waals surface area (Å²) in [6, 6.07) is 17.0. The summed E-state index contributed by atoms with van der Waals surface area (Å²) in [5.74, 6) is 0. The van der Waals surface area contributed by atoms with Crippen molar-refractivity contribution in [3.63, 3.8) is 0 Å². The quantitative estimate of drug-likeness (QED) is 0.127. The van der Waals surface area contributed by atoms with Gasteiger partial charge in [-0.25, -0.2) is 0 Å². The molecule has 238 valence electrons. The third-order valence-electron chi connectivity index (χ3n) is 8.89. The molecule has 0 bridgehead atoms. The van der Waals surface area contributed by atoms with E-state index in [1.807, 2.05) is 44.4 Å². The molecule has 5 aromatic rings. The molecule has 2 aromatic carbocycles. The number of hydrogen-bond acceptors (Lipinski definition) is 3. The van der Waals surface area contributed by atoms with Gasteiger partial charge in [-0.1, -0.05) is 63.3 Å². The normalized spacial score (nSPS) is 12.2. The van der Waals surface area contributed by atoms with E-state index in [0.717, 1.165) is 62.1 Å². The minimum atomic E-state index is -4.61. The van der Waals surface area contributed by atoms with Crippen molar-refractivity contribution in [1.82, 2.24) is 19.4 Å². The summed E-state index contributed by atoms with van der Waals surface area (Å²) >= 11 is 0. The number of benzene rings is 2. The van der Waals surface area contributed by atoms with Gasteiger partial charge in [0, 0.05) is 59.0 Å². The van der Waals surface area contributed by atoms with E-state index in [9.17, 15) is 18.0 Å². The Morgan fingerprint density at radius 2 is 1.49 bits per heavy atom. The number of rotatable bonds is 14. The number of aromatic amines is 1. The monoisotopic (exact) mass is 616 g/mol. The van der Waals surface area contributed by atoms with Gasteiger partial charge in [0.25, 0.3) is 0 Å². The predicted octanol–water partition coefficient (Wildman–Crippen LogP) is 9.30. The first-order valence-corrected chi connectivity index (χ1v) is 16.1. The van der Waals surface area contributed by atoms with Crippen LogP contribution in [0.25, 0.3) is 32.9 Å². The molecule has 0 aliphatic carbocycles. The molecule has 0 saturated heterocycles. The molecule has 0 aliphatic heterocycles. The first-order valence-electron chi connectivity index (χ1n) is 16.1. The lowest BCUT2D eigenvalue weighted by Crippen LogP contribution is -2.19. The molecule has 1 N–H and O–H groups in total. The van der Waals surface area contributed by atoms with Crippen molar-refractivity contribution in [2.45, 2.75) is 84.5 Å². The number of aromatic nitrogens is 3. The Labute approximate surface area is 263 Å². The summed E-state index contributed by atoms with van der Waals surface area (Å²) in [7, 11) is 2.18. The SMILES string of the molecule is CCc1c(C)c2c3c(C(F)(F)F)cc(=O)[nH]c3ccc2n1CCCCCCCCCN(C)Cc1ccc(-c2ccncc2)cc1. The molecule has 0 fully saturated rings. The molecule has 0 atom stereocenters. The fourth-order valence-corrected chi connectivity index (χ4v) is 6.65. The number of halogens is 3.